The van der Waals surface area contributed by atoms with Gasteiger partial charge in [-0.2, -0.15) is 0 Å². The first-order chi connectivity index (χ1) is 17.0. The van der Waals surface area contributed by atoms with Gasteiger partial charge < -0.3 is 9.84 Å². The Balaban J connectivity index is 1.36. The molecule has 1 N–H and O–H groups in total. The molecule has 5 nitrogen and oxygen atoms in total. The Labute approximate surface area is 212 Å². The van der Waals surface area contributed by atoms with Crippen molar-refractivity contribution in [3.05, 3.63) is 99.6 Å². The molecule has 35 heavy (non-hydrogen) atoms. The maximum absolute atomic E-state index is 13.6. The zero-order chi connectivity index (χ0) is 24.3. The summed E-state index contributed by atoms with van der Waals surface area (Å²) in [7, 11) is 0. The van der Waals surface area contributed by atoms with Crippen LogP contribution in [0.15, 0.2) is 72.8 Å². The van der Waals surface area contributed by atoms with E-state index in [1.54, 1.807) is 6.07 Å². The number of anilines is 1. The number of carbonyl (C=O) groups is 2. The molecule has 0 spiro atoms. The Morgan fingerprint density at radius 2 is 1.63 bits per heavy atom. The molecular weight excluding hydrogens is 485 g/mol. The highest BCUT2D eigenvalue weighted by Crippen LogP contribution is 2.51. The molecule has 3 aliphatic rings. The lowest BCUT2D eigenvalue weighted by Crippen LogP contribution is -2.53. The minimum absolute atomic E-state index is 0.0859. The lowest BCUT2D eigenvalue weighted by Gasteiger charge is -2.41. The van der Waals surface area contributed by atoms with E-state index in [0.29, 0.717) is 17.1 Å². The van der Waals surface area contributed by atoms with E-state index in [1.807, 2.05) is 48.6 Å². The Kier molecular flexibility index (Phi) is 5.35. The van der Waals surface area contributed by atoms with Crippen molar-refractivity contribution in [1.82, 2.24) is 0 Å². The van der Waals surface area contributed by atoms with Gasteiger partial charge in [-0.25, -0.2) is 9.59 Å². The number of rotatable bonds is 3. The average molecular weight is 506 g/mol. The summed E-state index contributed by atoms with van der Waals surface area (Å²) in [5.74, 6) is -1.73. The Morgan fingerprint density at radius 3 is 2.29 bits per heavy atom. The van der Waals surface area contributed by atoms with Crippen LogP contribution >= 0.6 is 23.2 Å². The first kappa shape index (κ1) is 22.2. The van der Waals surface area contributed by atoms with E-state index >= 15 is 0 Å². The van der Waals surface area contributed by atoms with Crippen molar-refractivity contribution in [3.8, 4) is 11.1 Å². The fourth-order valence-corrected chi connectivity index (χ4v) is 6.52. The topological polar surface area (TPSA) is 66.8 Å². The molecule has 0 saturated carbocycles. The number of hydrogen-bond donors (Lipinski definition) is 1. The Hall–Kier alpha value is -3.28. The Bertz CT molecular complexity index is 1360. The maximum atomic E-state index is 13.6. The number of carboxylic acids is 1. The zero-order valence-electron chi connectivity index (χ0n) is 18.5. The number of nitrogens with zero attached hydrogens (tertiary/aromatic N) is 1. The largest absolute Gasteiger partial charge is 0.480 e. The van der Waals surface area contributed by atoms with Crippen LogP contribution in [-0.2, 0) is 9.53 Å². The van der Waals surface area contributed by atoms with E-state index in [2.05, 4.69) is 12.1 Å². The normalized spacial score (nSPS) is 21.8. The molecule has 1 aliphatic heterocycles. The van der Waals surface area contributed by atoms with Crippen LogP contribution in [0.2, 0.25) is 10.0 Å². The van der Waals surface area contributed by atoms with Gasteiger partial charge in [0.15, 0.2) is 0 Å². The SMILES string of the molecule is O=C(O)[C@@H]1[C@@H]2CC=C[C@@H]2c2cc(Cl)cc(Cl)c2N1C(=O)OCC1c2ccccc2-c2ccccc21. The number of aliphatic carboxylic acids is 1. The van der Waals surface area contributed by atoms with E-state index in [0.717, 1.165) is 27.8 Å². The van der Waals surface area contributed by atoms with E-state index in [9.17, 15) is 14.7 Å². The second-order valence-electron chi connectivity index (χ2n) is 9.14. The molecule has 3 atom stereocenters. The Morgan fingerprint density at radius 1 is 0.971 bits per heavy atom. The number of carboxylic acid groups (broad SMARTS) is 1. The van der Waals surface area contributed by atoms with Crippen molar-refractivity contribution in [1.29, 1.82) is 0 Å². The highest BCUT2D eigenvalue weighted by atomic mass is 35.5. The molecule has 1 amide bonds. The molecule has 0 fully saturated rings. The number of halogens is 2. The number of fused-ring (bicyclic) bond motifs is 6. The second kappa shape index (κ2) is 8.43. The van der Waals surface area contributed by atoms with E-state index in [-0.39, 0.29) is 29.4 Å². The molecule has 0 bridgehead atoms. The van der Waals surface area contributed by atoms with Gasteiger partial charge >= 0.3 is 12.1 Å². The van der Waals surface area contributed by atoms with Crippen LogP contribution in [0.3, 0.4) is 0 Å². The van der Waals surface area contributed by atoms with Crippen molar-refractivity contribution in [2.24, 2.45) is 5.92 Å². The van der Waals surface area contributed by atoms with Crippen LogP contribution in [0.1, 0.15) is 34.9 Å². The van der Waals surface area contributed by atoms with Crippen molar-refractivity contribution < 1.29 is 19.4 Å². The minimum atomic E-state index is -1.10. The van der Waals surface area contributed by atoms with Crippen molar-refractivity contribution in [2.45, 2.75) is 24.3 Å². The number of carbonyl (C=O) groups excluding carboxylic acids is 1. The summed E-state index contributed by atoms with van der Waals surface area (Å²) in [5.41, 5.74) is 5.50. The van der Waals surface area contributed by atoms with Gasteiger partial charge in [-0.15, -0.1) is 0 Å². The van der Waals surface area contributed by atoms with Gasteiger partial charge in [-0.1, -0.05) is 83.9 Å². The van der Waals surface area contributed by atoms with Crippen LogP contribution in [0.4, 0.5) is 10.5 Å². The van der Waals surface area contributed by atoms with Gasteiger partial charge in [-0.3, -0.25) is 4.90 Å². The van der Waals surface area contributed by atoms with Gasteiger partial charge in [0.2, 0.25) is 0 Å². The van der Waals surface area contributed by atoms with Crippen LogP contribution in [0.25, 0.3) is 11.1 Å². The summed E-state index contributed by atoms with van der Waals surface area (Å²) < 4.78 is 5.86. The third-order valence-corrected chi connectivity index (χ3v) is 7.85. The summed E-state index contributed by atoms with van der Waals surface area (Å²) in [6, 6.07) is 18.3. The van der Waals surface area contributed by atoms with E-state index < -0.39 is 18.1 Å². The van der Waals surface area contributed by atoms with Gasteiger partial charge in [0.05, 0.1) is 10.7 Å². The van der Waals surface area contributed by atoms with Gasteiger partial charge in [0.1, 0.15) is 12.6 Å². The van der Waals surface area contributed by atoms with E-state index in [4.69, 9.17) is 27.9 Å². The third kappa shape index (κ3) is 3.45. The standard InChI is InChI=1S/C28H21Cl2NO4/c29-15-12-22-20-10-5-11-21(20)26(27(32)33)31(25(22)24(30)13-15)28(34)35-14-23-18-8-3-1-6-16(18)17-7-2-4-9-19(17)23/h1-10,12-13,20-21,23,26H,11,14H2,(H,32,33)/t20-,21+,26-/m0/s1. The van der Waals surface area contributed by atoms with Crippen LogP contribution in [0, 0.1) is 5.92 Å². The highest BCUT2D eigenvalue weighted by Gasteiger charge is 2.49. The lowest BCUT2D eigenvalue weighted by molar-refractivity contribution is -0.140. The van der Waals surface area contributed by atoms with Crippen LogP contribution in [0.5, 0.6) is 0 Å². The molecule has 0 saturated heterocycles. The molecule has 2 aliphatic carbocycles. The monoisotopic (exact) mass is 505 g/mol. The predicted molar refractivity (Wildman–Crippen MR) is 135 cm³/mol. The third-order valence-electron chi connectivity index (χ3n) is 7.34. The number of ether oxygens (including phenoxy) is 1. The number of allylic oxidation sites excluding steroid dienone is 2. The molecular formula is C28H21Cl2NO4. The summed E-state index contributed by atoms with van der Waals surface area (Å²) in [4.78, 5) is 27.3. The number of hydrogen-bond acceptors (Lipinski definition) is 3. The number of amides is 1. The molecule has 3 aromatic rings. The van der Waals surface area contributed by atoms with Crippen molar-refractivity contribution in [2.75, 3.05) is 11.5 Å². The van der Waals surface area contributed by atoms with Crippen LogP contribution in [-0.4, -0.2) is 29.8 Å². The molecule has 176 valence electrons. The number of benzene rings is 3. The smallest absolute Gasteiger partial charge is 0.415 e. The molecule has 6 rings (SSSR count). The van der Waals surface area contributed by atoms with Gasteiger partial charge in [0.25, 0.3) is 0 Å². The molecule has 3 aromatic carbocycles. The summed E-state index contributed by atoms with van der Waals surface area (Å²) in [6.07, 6.45) is 3.74. The fourth-order valence-electron chi connectivity index (χ4n) is 5.92. The molecule has 0 aromatic heterocycles. The zero-order valence-corrected chi connectivity index (χ0v) is 20.0. The van der Waals surface area contributed by atoms with Crippen molar-refractivity contribution in [3.63, 3.8) is 0 Å². The summed E-state index contributed by atoms with van der Waals surface area (Å²) >= 11 is 12.8. The first-order valence-corrected chi connectivity index (χ1v) is 12.2. The quantitative estimate of drug-likeness (QED) is 0.394. The lowest BCUT2D eigenvalue weighted by atomic mass is 9.78. The summed E-state index contributed by atoms with van der Waals surface area (Å²) in [6.45, 7) is 0.0859. The first-order valence-electron chi connectivity index (χ1n) is 11.5. The minimum Gasteiger partial charge on any atom is -0.480 e. The molecule has 7 heteroatoms. The highest BCUT2D eigenvalue weighted by molar-refractivity contribution is 6.37. The molecule has 0 radical (unpaired) electrons. The average Bonchev–Trinajstić information content (AvgIpc) is 3.45. The van der Waals surface area contributed by atoms with Crippen LogP contribution < -0.4 is 4.90 Å². The van der Waals surface area contributed by atoms with Gasteiger partial charge in [0, 0.05) is 22.8 Å². The fraction of sp³-hybridized carbons (Fsp3) is 0.214. The second-order valence-corrected chi connectivity index (χ2v) is 9.98. The van der Waals surface area contributed by atoms with Gasteiger partial charge in [-0.05, 0) is 46.4 Å². The predicted octanol–water partition coefficient (Wildman–Crippen LogP) is 6.88. The summed E-state index contributed by atoms with van der Waals surface area (Å²) in [5, 5.41) is 10.8. The molecule has 0 unspecified atom stereocenters. The van der Waals surface area contributed by atoms with E-state index in [1.165, 1.54) is 11.0 Å². The maximum Gasteiger partial charge on any atom is 0.415 e. The molecule has 1 heterocycles. The van der Waals surface area contributed by atoms with Crippen molar-refractivity contribution >= 4 is 41.0 Å².